The van der Waals surface area contributed by atoms with Crippen LogP contribution in [0, 0.1) is 5.92 Å². The van der Waals surface area contributed by atoms with E-state index in [1.807, 2.05) is 11.3 Å². The Bertz CT molecular complexity index is 399. The van der Waals surface area contributed by atoms with E-state index in [4.69, 9.17) is 0 Å². The summed E-state index contributed by atoms with van der Waals surface area (Å²) in [7, 11) is 2.31. The average Bonchev–Trinajstić information content (AvgIpc) is 2.81. The van der Waals surface area contributed by atoms with Crippen LogP contribution in [-0.2, 0) is 6.42 Å². The Labute approximate surface area is 128 Å². The number of nitrogens with zero attached hydrogens (tertiary/aromatic N) is 1. The van der Waals surface area contributed by atoms with Gasteiger partial charge in [-0.15, -0.1) is 11.3 Å². The summed E-state index contributed by atoms with van der Waals surface area (Å²) in [6, 6.07) is 5.89. The lowest BCUT2D eigenvalue weighted by atomic mass is 9.93. The molecule has 0 spiro atoms. The minimum absolute atomic E-state index is 0.582. The van der Waals surface area contributed by atoms with Gasteiger partial charge in [-0.3, -0.25) is 4.90 Å². The fraction of sp³-hybridized carbons (Fsp3) is 0.765. The van der Waals surface area contributed by atoms with Crippen LogP contribution in [0.1, 0.15) is 55.8 Å². The Kier molecular flexibility index (Phi) is 6.06. The molecule has 1 fully saturated rings. The van der Waals surface area contributed by atoms with Crippen molar-refractivity contribution >= 4 is 11.3 Å². The minimum Gasteiger partial charge on any atom is -0.314 e. The molecule has 2 heterocycles. The third kappa shape index (κ3) is 4.06. The third-order valence-corrected chi connectivity index (χ3v) is 5.67. The van der Waals surface area contributed by atoms with Crippen molar-refractivity contribution < 1.29 is 0 Å². The van der Waals surface area contributed by atoms with E-state index < -0.39 is 0 Å². The quantitative estimate of drug-likeness (QED) is 0.880. The first-order valence-electron chi connectivity index (χ1n) is 8.14. The number of likely N-dealkylation sites (tertiary alicyclic amines) is 1. The zero-order valence-corrected chi connectivity index (χ0v) is 14.3. The van der Waals surface area contributed by atoms with Crippen LogP contribution in [0.15, 0.2) is 12.1 Å². The highest BCUT2D eigenvalue weighted by molar-refractivity contribution is 7.12. The molecule has 1 aromatic heterocycles. The summed E-state index contributed by atoms with van der Waals surface area (Å²) in [5, 5.41) is 3.66. The maximum atomic E-state index is 3.66. The molecule has 114 valence electrons. The second-order valence-corrected chi connectivity index (χ2v) is 7.60. The Hall–Kier alpha value is -0.380. The molecule has 2 rings (SSSR count). The molecule has 0 saturated carbocycles. The summed E-state index contributed by atoms with van der Waals surface area (Å²) in [6.07, 6.45) is 5.23. The molecule has 0 aliphatic carbocycles. The molecule has 1 aliphatic rings. The Morgan fingerprint density at radius 2 is 2.15 bits per heavy atom. The molecule has 0 bridgehead atoms. The van der Waals surface area contributed by atoms with E-state index in [-0.39, 0.29) is 0 Å². The molecule has 0 amide bonds. The molecular weight excluding hydrogens is 264 g/mol. The normalized spacial score (nSPS) is 25.1. The first-order chi connectivity index (χ1) is 9.61. The smallest absolute Gasteiger partial charge is 0.0478 e. The molecule has 1 N–H and O–H groups in total. The van der Waals surface area contributed by atoms with Crippen molar-refractivity contribution in [3.8, 4) is 0 Å². The summed E-state index contributed by atoms with van der Waals surface area (Å²) >= 11 is 2.02. The van der Waals surface area contributed by atoms with E-state index in [2.05, 4.69) is 50.2 Å². The maximum absolute atomic E-state index is 3.66. The van der Waals surface area contributed by atoms with Gasteiger partial charge in [0.1, 0.15) is 0 Å². The predicted octanol–water partition coefficient (Wildman–Crippen LogP) is 4.08. The topological polar surface area (TPSA) is 15.3 Å². The lowest BCUT2D eigenvalue weighted by Crippen LogP contribution is -2.36. The van der Waals surface area contributed by atoms with Crippen molar-refractivity contribution in [3.05, 3.63) is 21.9 Å². The zero-order chi connectivity index (χ0) is 14.5. The SMILES string of the molecule is CCc1ccc(C2C(CNC(C)C)CCCCN2C)s1. The van der Waals surface area contributed by atoms with Gasteiger partial charge in [-0.05, 0) is 50.9 Å². The van der Waals surface area contributed by atoms with Gasteiger partial charge in [-0.2, -0.15) is 0 Å². The average molecular weight is 295 g/mol. The summed E-state index contributed by atoms with van der Waals surface area (Å²) in [6.45, 7) is 9.13. The summed E-state index contributed by atoms with van der Waals surface area (Å²) in [5.41, 5.74) is 0. The molecule has 0 radical (unpaired) electrons. The van der Waals surface area contributed by atoms with Gasteiger partial charge >= 0.3 is 0 Å². The van der Waals surface area contributed by atoms with Crippen molar-refractivity contribution in [2.75, 3.05) is 20.1 Å². The van der Waals surface area contributed by atoms with Gasteiger partial charge < -0.3 is 5.32 Å². The fourth-order valence-electron chi connectivity index (χ4n) is 3.22. The second kappa shape index (κ2) is 7.58. The molecule has 2 unspecified atom stereocenters. The molecule has 3 heteroatoms. The summed E-state index contributed by atoms with van der Waals surface area (Å²) in [5.74, 6) is 0.744. The van der Waals surface area contributed by atoms with E-state index in [0.29, 0.717) is 12.1 Å². The van der Waals surface area contributed by atoms with E-state index in [1.165, 1.54) is 30.7 Å². The van der Waals surface area contributed by atoms with Crippen LogP contribution in [0.25, 0.3) is 0 Å². The first-order valence-corrected chi connectivity index (χ1v) is 8.95. The van der Waals surface area contributed by atoms with Crippen LogP contribution in [0.2, 0.25) is 0 Å². The van der Waals surface area contributed by atoms with E-state index in [0.717, 1.165) is 18.9 Å². The Balaban J connectivity index is 2.16. The summed E-state index contributed by atoms with van der Waals surface area (Å²) in [4.78, 5) is 5.68. The van der Waals surface area contributed by atoms with Gasteiger partial charge in [0.2, 0.25) is 0 Å². The van der Waals surface area contributed by atoms with Crippen LogP contribution in [0.3, 0.4) is 0 Å². The van der Waals surface area contributed by atoms with Gasteiger partial charge in [0.15, 0.2) is 0 Å². The van der Waals surface area contributed by atoms with Crippen LogP contribution in [-0.4, -0.2) is 31.1 Å². The number of thiophene rings is 1. The second-order valence-electron chi connectivity index (χ2n) is 6.40. The molecule has 0 aromatic carbocycles. The van der Waals surface area contributed by atoms with Gasteiger partial charge in [0.25, 0.3) is 0 Å². The standard InChI is InChI=1S/C17H30N2S/c1-5-15-9-10-16(20-15)17-14(12-18-13(2)3)8-6-7-11-19(17)4/h9-10,13-14,17-18H,5-8,11-12H2,1-4H3. The molecule has 20 heavy (non-hydrogen) atoms. The molecular formula is C17H30N2S. The monoisotopic (exact) mass is 294 g/mol. The van der Waals surface area contributed by atoms with E-state index in [1.54, 1.807) is 4.88 Å². The lowest BCUT2D eigenvalue weighted by Gasteiger charge is -2.32. The van der Waals surface area contributed by atoms with Crippen molar-refractivity contribution in [3.63, 3.8) is 0 Å². The molecule has 1 saturated heterocycles. The number of nitrogens with one attached hydrogen (secondary N) is 1. The van der Waals surface area contributed by atoms with Gasteiger partial charge in [0, 0.05) is 28.4 Å². The van der Waals surface area contributed by atoms with Crippen LogP contribution >= 0.6 is 11.3 Å². The van der Waals surface area contributed by atoms with E-state index >= 15 is 0 Å². The van der Waals surface area contributed by atoms with E-state index in [9.17, 15) is 0 Å². The number of hydrogen-bond acceptors (Lipinski definition) is 3. The largest absolute Gasteiger partial charge is 0.314 e. The molecule has 1 aromatic rings. The molecule has 2 nitrogen and oxygen atoms in total. The zero-order valence-electron chi connectivity index (χ0n) is 13.5. The third-order valence-electron chi connectivity index (χ3n) is 4.37. The minimum atomic E-state index is 0.582. The van der Waals surface area contributed by atoms with Crippen LogP contribution in [0.5, 0.6) is 0 Å². The molecule has 2 atom stereocenters. The highest BCUT2D eigenvalue weighted by Crippen LogP contribution is 2.37. The van der Waals surface area contributed by atoms with Crippen molar-refractivity contribution in [1.82, 2.24) is 10.2 Å². The van der Waals surface area contributed by atoms with Crippen molar-refractivity contribution in [1.29, 1.82) is 0 Å². The van der Waals surface area contributed by atoms with Crippen LogP contribution in [0.4, 0.5) is 0 Å². The summed E-state index contributed by atoms with van der Waals surface area (Å²) < 4.78 is 0. The predicted molar refractivity (Wildman–Crippen MR) is 89.5 cm³/mol. The fourth-order valence-corrected chi connectivity index (χ4v) is 4.43. The first kappa shape index (κ1) is 16.0. The van der Waals surface area contributed by atoms with Gasteiger partial charge in [-0.25, -0.2) is 0 Å². The number of hydrogen-bond donors (Lipinski definition) is 1. The van der Waals surface area contributed by atoms with Crippen molar-refractivity contribution in [2.24, 2.45) is 5.92 Å². The van der Waals surface area contributed by atoms with Gasteiger partial charge in [-0.1, -0.05) is 27.2 Å². The Morgan fingerprint density at radius 3 is 2.80 bits per heavy atom. The highest BCUT2D eigenvalue weighted by atomic mass is 32.1. The lowest BCUT2D eigenvalue weighted by molar-refractivity contribution is 0.190. The van der Waals surface area contributed by atoms with Gasteiger partial charge in [0.05, 0.1) is 0 Å². The van der Waals surface area contributed by atoms with Crippen LogP contribution < -0.4 is 5.32 Å². The maximum Gasteiger partial charge on any atom is 0.0478 e. The highest BCUT2D eigenvalue weighted by Gasteiger charge is 2.29. The Morgan fingerprint density at radius 1 is 1.35 bits per heavy atom. The van der Waals surface area contributed by atoms with Crippen molar-refractivity contribution in [2.45, 2.75) is 58.5 Å². The number of aryl methyl sites for hydroxylation is 1. The molecule has 1 aliphatic heterocycles. The number of rotatable bonds is 5.